The summed E-state index contributed by atoms with van der Waals surface area (Å²) in [7, 11) is 1.58. The lowest BCUT2D eigenvalue weighted by molar-refractivity contribution is -0.122. The van der Waals surface area contributed by atoms with Gasteiger partial charge < -0.3 is 10.2 Å². The molecule has 0 unspecified atom stereocenters. The summed E-state index contributed by atoms with van der Waals surface area (Å²) < 4.78 is 1.22. The molecule has 3 rings (SSSR count). The lowest BCUT2D eigenvalue weighted by atomic mass is 10.1. The Bertz CT molecular complexity index is 832. The molecule has 1 aromatic heterocycles. The van der Waals surface area contributed by atoms with Gasteiger partial charge in [0, 0.05) is 39.8 Å². The highest BCUT2D eigenvalue weighted by atomic mass is 35.5. The van der Waals surface area contributed by atoms with Crippen LogP contribution in [0.3, 0.4) is 0 Å². The average molecular weight is 390 g/mol. The summed E-state index contributed by atoms with van der Waals surface area (Å²) in [5.41, 5.74) is 1.58. The van der Waals surface area contributed by atoms with Crippen LogP contribution in [0.15, 0.2) is 41.3 Å². The lowest BCUT2D eigenvalue weighted by Gasteiger charge is -2.35. The Hall–Kier alpha value is -2.38. The average Bonchev–Trinajstić information content (AvgIpc) is 2.68. The van der Waals surface area contributed by atoms with Crippen LogP contribution < -0.4 is 15.8 Å². The molecule has 2 heterocycles. The van der Waals surface area contributed by atoms with Crippen molar-refractivity contribution in [2.24, 2.45) is 7.05 Å². The molecule has 1 aromatic carbocycles. The maximum Gasteiger partial charge on any atom is 0.287 e. The number of hydrogen-bond donors (Lipinski definition) is 1. The molecule has 27 heavy (non-hydrogen) atoms. The topological polar surface area (TPSA) is 70.5 Å². The number of nitrogens with zero attached hydrogens (tertiary/aromatic N) is 4. The Labute approximate surface area is 163 Å². The number of aromatic nitrogens is 2. The number of piperazine rings is 1. The lowest BCUT2D eigenvalue weighted by Crippen LogP contribution is -2.50. The van der Waals surface area contributed by atoms with E-state index in [1.807, 2.05) is 23.1 Å². The zero-order valence-electron chi connectivity index (χ0n) is 15.4. The van der Waals surface area contributed by atoms with E-state index in [0.29, 0.717) is 31.9 Å². The number of nitrogens with one attached hydrogen (secondary N) is 1. The fourth-order valence-electron chi connectivity index (χ4n) is 3.12. The molecule has 1 amide bonds. The van der Waals surface area contributed by atoms with Crippen molar-refractivity contribution < 1.29 is 4.79 Å². The van der Waals surface area contributed by atoms with E-state index in [1.165, 1.54) is 10.2 Å². The summed E-state index contributed by atoms with van der Waals surface area (Å²) in [5.74, 6) is 0.0349. The van der Waals surface area contributed by atoms with Gasteiger partial charge >= 0.3 is 0 Å². The summed E-state index contributed by atoms with van der Waals surface area (Å²) >= 11 is 6.17. The molecule has 0 bridgehead atoms. The zero-order valence-corrected chi connectivity index (χ0v) is 16.2. The summed E-state index contributed by atoms with van der Waals surface area (Å²) in [5, 5.41) is 7.21. The van der Waals surface area contributed by atoms with E-state index in [0.717, 1.165) is 19.5 Å². The first-order valence-corrected chi connectivity index (χ1v) is 9.42. The van der Waals surface area contributed by atoms with Crippen LogP contribution in [0.1, 0.15) is 5.56 Å². The zero-order chi connectivity index (χ0) is 19.2. The Balaban J connectivity index is 1.43. The highest BCUT2D eigenvalue weighted by Crippen LogP contribution is 2.21. The molecule has 1 aliphatic heterocycles. The third-order valence-corrected chi connectivity index (χ3v) is 5.07. The van der Waals surface area contributed by atoms with Gasteiger partial charge in [-0.2, -0.15) is 5.10 Å². The van der Waals surface area contributed by atoms with Gasteiger partial charge in [0.1, 0.15) is 5.02 Å². The van der Waals surface area contributed by atoms with E-state index in [2.05, 4.69) is 27.4 Å². The molecule has 144 valence electrons. The molecular formula is C19H24ClN5O2. The Morgan fingerprint density at radius 1 is 1.19 bits per heavy atom. The summed E-state index contributed by atoms with van der Waals surface area (Å²) in [6, 6.07) is 10.1. The van der Waals surface area contributed by atoms with Gasteiger partial charge in [-0.25, -0.2) is 4.68 Å². The second-order valence-corrected chi connectivity index (χ2v) is 7.00. The predicted octanol–water partition coefficient (Wildman–Crippen LogP) is 0.915. The van der Waals surface area contributed by atoms with Crippen molar-refractivity contribution >= 4 is 23.2 Å². The van der Waals surface area contributed by atoms with Crippen molar-refractivity contribution in [2.75, 3.05) is 44.2 Å². The van der Waals surface area contributed by atoms with Gasteiger partial charge in [0.15, 0.2) is 0 Å². The molecular weight excluding hydrogens is 366 g/mol. The first kappa shape index (κ1) is 19.4. The minimum Gasteiger partial charge on any atom is -0.366 e. The maximum absolute atomic E-state index is 12.1. The molecule has 2 aromatic rings. The molecule has 1 saturated heterocycles. The van der Waals surface area contributed by atoms with Crippen LogP contribution in [-0.2, 0) is 18.3 Å². The summed E-state index contributed by atoms with van der Waals surface area (Å²) in [6.07, 6.45) is 2.45. The van der Waals surface area contributed by atoms with Crippen molar-refractivity contribution in [1.29, 1.82) is 0 Å². The second kappa shape index (κ2) is 9.01. The van der Waals surface area contributed by atoms with Crippen LogP contribution >= 0.6 is 11.6 Å². The summed E-state index contributed by atoms with van der Waals surface area (Å²) in [4.78, 5) is 28.2. The highest BCUT2D eigenvalue weighted by molar-refractivity contribution is 6.33. The van der Waals surface area contributed by atoms with Crippen molar-refractivity contribution in [2.45, 2.75) is 6.42 Å². The molecule has 7 nitrogen and oxygen atoms in total. The molecule has 0 atom stereocenters. The van der Waals surface area contributed by atoms with Crippen LogP contribution in [-0.4, -0.2) is 59.9 Å². The van der Waals surface area contributed by atoms with Crippen molar-refractivity contribution in [3.63, 3.8) is 0 Å². The van der Waals surface area contributed by atoms with E-state index in [-0.39, 0.29) is 16.5 Å². The Morgan fingerprint density at radius 2 is 1.89 bits per heavy atom. The maximum atomic E-state index is 12.1. The number of halogens is 1. The largest absolute Gasteiger partial charge is 0.366 e. The minimum absolute atomic E-state index is 0.0349. The highest BCUT2D eigenvalue weighted by Gasteiger charge is 2.22. The quantitative estimate of drug-likeness (QED) is 0.795. The smallest absolute Gasteiger partial charge is 0.287 e. The fraction of sp³-hybridized carbons (Fsp3) is 0.421. The van der Waals surface area contributed by atoms with Crippen molar-refractivity contribution in [3.8, 4) is 0 Å². The molecule has 1 N–H and O–H groups in total. The summed E-state index contributed by atoms with van der Waals surface area (Å²) in [6.45, 7) is 3.88. The number of carbonyl (C=O) groups is 1. The molecule has 1 fully saturated rings. The predicted molar refractivity (Wildman–Crippen MR) is 106 cm³/mol. The van der Waals surface area contributed by atoms with Gasteiger partial charge in [-0.1, -0.05) is 41.9 Å². The van der Waals surface area contributed by atoms with Gasteiger partial charge in [0.25, 0.3) is 5.56 Å². The van der Waals surface area contributed by atoms with Gasteiger partial charge in [-0.05, 0) is 12.0 Å². The van der Waals surface area contributed by atoms with Crippen LogP contribution in [0, 0.1) is 0 Å². The number of hydrogen-bond acceptors (Lipinski definition) is 5. The molecule has 0 saturated carbocycles. The number of amides is 1. The number of benzene rings is 1. The van der Waals surface area contributed by atoms with Crippen LogP contribution in [0.5, 0.6) is 0 Å². The normalized spacial score (nSPS) is 15.0. The SMILES string of the molecule is Cn1ncc(N2CCN(CC(=O)NCCc3ccccc3)CC2)c(Cl)c1=O. The Morgan fingerprint density at radius 3 is 2.59 bits per heavy atom. The molecule has 0 radical (unpaired) electrons. The van der Waals surface area contributed by atoms with E-state index < -0.39 is 0 Å². The molecule has 0 spiro atoms. The monoisotopic (exact) mass is 389 g/mol. The van der Waals surface area contributed by atoms with Crippen molar-refractivity contribution in [3.05, 3.63) is 57.5 Å². The van der Waals surface area contributed by atoms with E-state index in [1.54, 1.807) is 13.2 Å². The van der Waals surface area contributed by atoms with Gasteiger partial charge in [-0.15, -0.1) is 0 Å². The third-order valence-electron chi connectivity index (χ3n) is 4.72. The fourth-order valence-corrected chi connectivity index (χ4v) is 3.41. The standard InChI is InChI=1S/C19H24ClN5O2/c1-23-19(27)18(20)16(13-22-23)25-11-9-24(10-12-25)14-17(26)21-8-7-15-5-3-2-4-6-15/h2-6,13H,7-12,14H2,1H3,(H,21,26). The Kier molecular flexibility index (Phi) is 6.47. The number of aryl methyl sites for hydroxylation is 1. The van der Waals surface area contributed by atoms with E-state index in [9.17, 15) is 9.59 Å². The van der Waals surface area contributed by atoms with E-state index in [4.69, 9.17) is 11.6 Å². The van der Waals surface area contributed by atoms with E-state index >= 15 is 0 Å². The second-order valence-electron chi connectivity index (χ2n) is 6.62. The van der Waals surface area contributed by atoms with Crippen LogP contribution in [0.4, 0.5) is 5.69 Å². The molecule has 0 aliphatic carbocycles. The third kappa shape index (κ3) is 5.08. The first-order valence-electron chi connectivity index (χ1n) is 9.04. The van der Waals surface area contributed by atoms with Gasteiger partial charge in [0.2, 0.25) is 5.91 Å². The number of carbonyl (C=O) groups excluding carboxylic acids is 1. The molecule has 8 heteroatoms. The molecule has 1 aliphatic rings. The minimum atomic E-state index is -0.297. The van der Waals surface area contributed by atoms with Gasteiger partial charge in [0.05, 0.1) is 18.4 Å². The number of rotatable bonds is 6. The van der Waals surface area contributed by atoms with Crippen molar-refractivity contribution in [1.82, 2.24) is 20.0 Å². The van der Waals surface area contributed by atoms with Crippen LogP contribution in [0.2, 0.25) is 5.02 Å². The van der Waals surface area contributed by atoms with Gasteiger partial charge in [-0.3, -0.25) is 14.5 Å². The number of anilines is 1. The first-order chi connectivity index (χ1) is 13.0. The van der Waals surface area contributed by atoms with Crippen LogP contribution in [0.25, 0.3) is 0 Å².